The Labute approximate surface area is 153 Å². The van der Waals surface area contributed by atoms with E-state index in [-0.39, 0.29) is 5.91 Å². The van der Waals surface area contributed by atoms with Crippen LogP contribution in [0.15, 0.2) is 65.8 Å². The van der Waals surface area contributed by atoms with Gasteiger partial charge in [-0.15, -0.1) is 0 Å². The van der Waals surface area contributed by atoms with Crippen LogP contribution in [0.5, 0.6) is 5.75 Å². The number of carbonyl (C=O) groups is 1. The molecule has 120 valence electrons. The number of halogens is 1. The van der Waals surface area contributed by atoms with E-state index in [0.717, 1.165) is 25.7 Å². The highest BCUT2D eigenvalue weighted by Gasteiger charge is 2.06. The second kappa shape index (κ2) is 7.44. The fourth-order valence-electron chi connectivity index (χ4n) is 2.44. The maximum absolute atomic E-state index is 12.1. The van der Waals surface area contributed by atoms with Crippen LogP contribution in [0, 0.1) is 3.57 Å². The minimum absolute atomic E-state index is 0.234. The lowest BCUT2D eigenvalue weighted by atomic mass is 10.0. The summed E-state index contributed by atoms with van der Waals surface area (Å²) in [6, 6.07) is 19.1. The monoisotopic (exact) mass is 430 g/mol. The highest BCUT2D eigenvalue weighted by Crippen LogP contribution is 2.27. The maximum Gasteiger partial charge on any atom is 0.271 e. The van der Waals surface area contributed by atoms with Crippen molar-refractivity contribution in [3.63, 3.8) is 0 Å². The first-order chi connectivity index (χ1) is 11.7. The van der Waals surface area contributed by atoms with Crippen molar-refractivity contribution in [2.45, 2.75) is 0 Å². The van der Waals surface area contributed by atoms with E-state index in [2.05, 4.69) is 33.1 Å². The fraction of sp³-hybridized carbons (Fsp3) is 0.0526. The molecule has 0 aliphatic carbocycles. The zero-order valence-electron chi connectivity index (χ0n) is 13.0. The summed E-state index contributed by atoms with van der Waals surface area (Å²) in [4.78, 5) is 12.1. The molecule has 0 radical (unpaired) electrons. The predicted molar refractivity (Wildman–Crippen MR) is 105 cm³/mol. The molecule has 0 aromatic heterocycles. The SMILES string of the molecule is COc1ccc(/C=N\NC(=O)c2cccc(I)c2)c2ccccc12. The Morgan fingerprint density at radius 1 is 1.08 bits per heavy atom. The van der Waals surface area contributed by atoms with Crippen molar-refractivity contribution < 1.29 is 9.53 Å². The number of ether oxygens (including phenoxy) is 1. The molecule has 3 aromatic rings. The number of amides is 1. The second-order valence-electron chi connectivity index (χ2n) is 5.11. The van der Waals surface area contributed by atoms with Gasteiger partial charge in [0.1, 0.15) is 5.75 Å². The molecule has 0 saturated heterocycles. The Bertz CT molecular complexity index is 922. The average Bonchev–Trinajstić information content (AvgIpc) is 2.61. The van der Waals surface area contributed by atoms with Crippen molar-refractivity contribution in [1.82, 2.24) is 5.43 Å². The van der Waals surface area contributed by atoms with Crippen LogP contribution in [0.1, 0.15) is 15.9 Å². The zero-order valence-corrected chi connectivity index (χ0v) is 15.2. The van der Waals surface area contributed by atoms with Gasteiger partial charge in [0.25, 0.3) is 5.91 Å². The number of hydrogen-bond acceptors (Lipinski definition) is 3. The molecule has 3 aromatic carbocycles. The summed E-state index contributed by atoms with van der Waals surface area (Å²) in [7, 11) is 1.65. The van der Waals surface area contributed by atoms with Crippen molar-refractivity contribution in [2.24, 2.45) is 5.10 Å². The summed E-state index contributed by atoms with van der Waals surface area (Å²) < 4.78 is 6.38. The quantitative estimate of drug-likeness (QED) is 0.383. The lowest BCUT2D eigenvalue weighted by Crippen LogP contribution is -2.17. The molecule has 1 amide bonds. The van der Waals surface area contributed by atoms with Gasteiger partial charge in [0.15, 0.2) is 0 Å². The molecule has 3 rings (SSSR count). The van der Waals surface area contributed by atoms with E-state index >= 15 is 0 Å². The standard InChI is InChI=1S/C19H15IN2O2/c1-24-18-10-9-14(16-7-2-3-8-17(16)18)12-21-22-19(23)13-5-4-6-15(20)11-13/h2-12H,1H3,(H,22,23)/b21-12-. The van der Waals surface area contributed by atoms with Crippen LogP contribution < -0.4 is 10.2 Å². The van der Waals surface area contributed by atoms with Crippen LogP contribution >= 0.6 is 22.6 Å². The first kappa shape index (κ1) is 16.4. The van der Waals surface area contributed by atoms with E-state index < -0.39 is 0 Å². The van der Waals surface area contributed by atoms with Crippen molar-refractivity contribution >= 4 is 45.5 Å². The number of hydrazone groups is 1. The molecule has 5 heteroatoms. The molecule has 0 heterocycles. The molecule has 0 atom stereocenters. The molecule has 4 nitrogen and oxygen atoms in total. The molecular weight excluding hydrogens is 415 g/mol. The number of methoxy groups -OCH3 is 1. The number of rotatable bonds is 4. The van der Waals surface area contributed by atoms with Gasteiger partial charge in [-0.3, -0.25) is 4.79 Å². The van der Waals surface area contributed by atoms with Crippen molar-refractivity contribution in [3.05, 3.63) is 75.4 Å². The summed E-state index contributed by atoms with van der Waals surface area (Å²) in [5.74, 6) is 0.577. The first-order valence-electron chi connectivity index (χ1n) is 7.34. The van der Waals surface area contributed by atoms with Crippen LogP contribution in [0.2, 0.25) is 0 Å². The lowest BCUT2D eigenvalue weighted by molar-refractivity contribution is 0.0955. The van der Waals surface area contributed by atoms with Crippen LogP contribution in [0.3, 0.4) is 0 Å². The molecule has 0 saturated carbocycles. The predicted octanol–water partition coefficient (Wildman–Crippen LogP) is 4.22. The topological polar surface area (TPSA) is 50.7 Å². The van der Waals surface area contributed by atoms with Crippen LogP contribution in [0.25, 0.3) is 10.8 Å². The molecule has 24 heavy (non-hydrogen) atoms. The van der Waals surface area contributed by atoms with Gasteiger partial charge in [-0.1, -0.05) is 30.3 Å². The third kappa shape index (κ3) is 3.56. The zero-order chi connectivity index (χ0) is 16.9. The molecular formula is C19H15IN2O2. The van der Waals surface area contributed by atoms with Crippen molar-refractivity contribution in [1.29, 1.82) is 0 Å². The largest absolute Gasteiger partial charge is 0.496 e. The van der Waals surface area contributed by atoms with Gasteiger partial charge in [0.05, 0.1) is 13.3 Å². The number of carbonyl (C=O) groups excluding carboxylic acids is 1. The van der Waals surface area contributed by atoms with Crippen molar-refractivity contribution in [2.75, 3.05) is 7.11 Å². The Morgan fingerprint density at radius 2 is 1.88 bits per heavy atom. The summed E-state index contributed by atoms with van der Waals surface area (Å²) in [6.07, 6.45) is 1.65. The Kier molecular flexibility index (Phi) is 5.10. The molecule has 0 fully saturated rings. The van der Waals surface area contributed by atoms with E-state index in [1.807, 2.05) is 54.6 Å². The Hall–Kier alpha value is -2.41. The fourth-order valence-corrected chi connectivity index (χ4v) is 2.98. The van der Waals surface area contributed by atoms with Gasteiger partial charge in [-0.05, 0) is 58.3 Å². The van der Waals surface area contributed by atoms with Crippen molar-refractivity contribution in [3.8, 4) is 5.75 Å². The summed E-state index contributed by atoms with van der Waals surface area (Å²) in [5, 5.41) is 6.11. The molecule has 0 unspecified atom stereocenters. The number of benzene rings is 3. The summed E-state index contributed by atoms with van der Waals surface area (Å²) in [6.45, 7) is 0. The molecule has 0 aliphatic heterocycles. The molecule has 1 N–H and O–H groups in total. The number of hydrogen-bond donors (Lipinski definition) is 1. The molecule has 0 spiro atoms. The maximum atomic E-state index is 12.1. The van der Waals surface area contributed by atoms with Crippen LogP contribution in [0.4, 0.5) is 0 Å². The molecule has 0 bridgehead atoms. The highest BCUT2D eigenvalue weighted by atomic mass is 127. The van der Waals surface area contributed by atoms with Gasteiger partial charge in [-0.2, -0.15) is 5.10 Å². The van der Waals surface area contributed by atoms with Crippen LogP contribution in [-0.2, 0) is 0 Å². The smallest absolute Gasteiger partial charge is 0.271 e. The minimum Gasteiger partial charge on any atom is -0.496 e. The van der Waals surface area contributed by atoms with E-state index in [4.69, 9.17) is 4.74 Å². The van der Waals surface area contributed by atoms with E-state index in [9.17, 15) is 4.79 Å². The van der Waals surface area contributed by atoms with Crippen LogP contribution in [-0.4, -0.2) is 19.2 Å². The highest BCUT2D eigenvalue weighted by molar-refractivity contribution is 14.1. The lowest BCUT2D eigenvalue weighted by Gasteiger charge is -2.07. The minimum atomic E-state index is -0.234. The summed E-state index contributed by atoms with van der Waals surface area (Å²) in [5.41, 5.74) is 4.06. The Morgan fingerprint density at radius 3 is 2.62 bits per heavy atom. The van der Waals surface area contributed by atoms with Gasteiger partial charge in [-0.25, -0.2) is 5.43 Å². The summed E-state index contributed by atoms with van der Waals surface area (Å²) >= 11 is 2.17. The normalized spacial score (nSPS) is 10.9. The van der Waals surface area contributed by atoms with E-state index in [1.54, 1.807) is 19.4 Å². The number of nitrogens with one attached hydrogen (secondary N) is 1. The Balaban J connectivity index is 1.82. The van der Waals surface area contributed by atoms with Gasteiger partial charge >= 0.3 is 0 Å². The third-order valence-corrected chi connectivity index (χ3v) is 4.27. The van der Waals surface area contributed by atoms with Gasteiger partial charge in [0, 0.05) is 20.1 Å². The molecule has 0 aliphatic rings. The number of fused-ring (bicyclic) bond motifs is 1. The second-order valence-corrected chi connectivity index (χ2v) is 6.36. The van der Waals surface area contributed by atoms with Gasteiger partial charge < -0.3 is 4.74 Å². The number of nitrogens with zero attached hydrogens (tertiary/aromatic N) is 1. The first-order valence-corrected chi connectivity index (χ1v) is 8.41. The van der Waals surface area contributed by atoms with E-state index in [1.165, 1.54) is 0 Å². The average molecular weight is 430 g/mol. The van der Waals surface area contributed by atoms with Gasteiger partial charge in [0.2, 0.25) is 0 Å². The third-order valence-electron chi connectivity index (χ3n) is 3.59. The van der Waals surface area contributed by atoms with E-state index in [0.29, 0.717) is 5.56 Å².